The van der Waals surface area contributed by atoms with Crippen LogP contribution in [-0.4, -0.2) is 15.9 Å². The van der Waals surface area contributed by atoms with Gasteiger partial charge >= 0.3 is 0 Å². The van der Waals surface area contributed by atoms with Crippen LogP contribution in [0.2, 0.25) is 0 Å². The maximum atomic E-state index is 6.03. The summed E-state index contributed by atoms with van der Waals surface area (Å²) in [5.74, 6) is 0. The van der Waals surface area contributed by atoms with E-state index in [1.165, 1.54) is 0 Å². The second kappa shape index (κ2) is 4.40. The van der Waals surface area contributed by atoms with Crippen LogP contribution in [0.4, 0.5) is 0 Å². The summed E-state index contributed by atoms with van der Waals surface area (Å²) in [6.45, 7) is 6.98. The Hall–Kier alpha value is -0.120. The predicted octanol–water partition coefficient (Wildman–Crippen LogP) is 2.64. The highest BCUT2D eigenvalue weighted by atomic mass is 35.5. The molecule has 0 spiro atoms. The van der Waals surface area contributed by atoms with Crippen molar-refractivity contribution >= 4 is 22.9 Å². The zero-order chi connectivity index (χ0) is 9.90. The molecule has 1 N–H and O–H groups in total. The molecule has 1 atom stereocenters. The lowest BCUT2D eigenvalue weighted by molar-refractivity contribution is 0.380. The fraction of sp³-hybridized carbons (Fsp3) is 0.667. The average molecular weight is 219 g/mol. The Bertz CT molecular complexity index is 244. The molecule has 0 aliphatic heterocycles. The van der Waals surface area contributed by atoms with Crippen LogP contribution in [0.15, 0.2) is 11.6 Å². The van der Waals surface area contributed by atoms with Crippen molar-refractivity contribution in [2.24, 2.45) is 0 Å². The predicted molar refractivity (Wildman–Crippen MR) is 58.3 cm³/mol. The van der Waals surface area contributed by atoms with E-state index in [1.807, 2.05) is 18.5 Å². The van der Waals surface area contributed by atoms with E-state index < -0.39 is 0 Å². The average Bonchev–Trinajstić information content (AvgIpc) is 2.52. The first-order chi connectivity index (χ1) is 6.02. The van der Waals surface area contributed by atoms with Crippen LogP contribution in [0, 0.1) is 0 Å². The highest BCUT2D eigenvalue weighted by Crippen LogP contribution is 2.15. The number of hydrogen-bond donors (Lipinski definition) is 1. The van der Waals surface area contributed by atoms with Crippen molar-refractivity contribution in [2.75, 3.05) is 0 Å². The number of thiazole rings is 1. The molecule has 0 fully saturated rings. The molecule has 0 bridgehead atoms. The Morgan fingerprint density at radius 2 is 2.38 bits per heavy atom. The number of hydrogen-bond acceptors (Lipinski definition) is 3. The Labute approximate surface area is 88.3 Å². The summed E-state index contributed by atoms with van der Waals surface area (Å²) in [6, 6.07) is 0. The van der Waals surface area contributed by atoms with Gasteiger partial charge in [-0.2, -0.15) is 0 Å². The van der Waals surface area contributed by atoms with E-state index in [0.717, 1.165) is 11.6 Å². The number of nitrogens with one attached hydrogen (secondary N) is 1. The summed E-state index contributed by atoms with van der Waals surface area (Å²) in [5, 5.41) is 6.56. The molecule has 1 aromatic heterocycles. The summed E-state index contributed by atoms with van der Waals surface area (Å²) >= 11 is 7.69. The maximum absolute atomic E-state index is 6.03. The molecule has 0 aliphatic carbocycles. The van der Waals surface area contributed by atoms with Gasteiger partial charge in [0.05, 0.1) is 0 Å². The van der Waals surface area contributed by atoms with Crippen molar-refractivity contribution in [2.45, 2.75) is 38.2 Å². The highest BCUT2D eigenvalue weighted by Gasteiger charge is 2.23. The maximum Gasteiger partial charge on any atom is 0.106 e. The fourth-order valence-corrected chi connectivity index (χ4v) is 1.42. The quantitative estimate of drug-likeness (QED) is 0.787. The molecule has 0 saturated carbocycles. The van der Waals surface area contributed by atoms with E-state index in [1.54, 1.807) is 11.3 Å². The molecule has 2 nitrogen and oxygen atoms in total. The summed E-state index contributed by atoms with van der Waals surface area (Å²) in [5.41, 5.74) is -0.0484. The lowest BCUT2D eigenvalue weighted by Gasteiger charge is -2.28. The minimum absolute atomic E-state index is 0.0484. The topological polar surface area (TPSA) is 24.9 Å². The van der Waals surface area contributed by atoms with Crippen molar-refractivity contribution < 1.29 is 0 Å². The largest absolute Gasteiger partial charge is 0.304 e. The standard InChI is InChI=1S/C9H15ClN2S/c1-7(10)9(2,3)12-6-8-11-4-5-13-8/h4-5,7,12H,6H2,1-3H3. The summed E-state index contributed by atoms with van der Waals surface area (Å²) in [7, 11) is 0. The van der Waals surface area contributed by atoms with E-state index in [4.69, 9.17) is 11.6 Å². The second-order valence-electron chi connectivity index (χ2n) is 3.62. The van der Waals surface area contributed by atoms with Crippen molar-refractivity contribution in [1.82, 2.24) is 10.3 Å². The Morgan fingerprint density at radius 3 is 2.85 bits per heavy atom. The van der Waals surface area contributed by atoms with Gasteiger partial charge in [0.25, 0.3) is 0 Å². The molecule has 0 aromatic carbocycles. The van der Waals surface area contributed by atoms with E-state index in [9.17, 15) is 0 Å². The molecule has 1 aromatic rings. The molecule has 1 unspecified atom stereocenters. The zero-order valence-corrected chi connectivity index (χ0v) is 9.75. The molecule has 1 heterocycles. The van der Waals surface area contributed by atoms with Crippen molar-refractivity contribution in [3.8, 4) is 0 Å². The minimum Gasteiger partial charge on any atom is -0.304 e. The van der Waals surface area contributed by atoms with Crippen LogP contribution < -0.4 is 5.32 Å². The van der Waals surface area contributed by atoms with Gasteiger partial charge in [-0.15, -0.1) is 22.9 Å². The van der Waals surface area contributed by atoms with Crippen molar-refractivity contribution in [1.29, 1.82) is 0 Å². The second-order valence-corrected chi connectivity index (χ2v) is 5.25. The first-order valence-electron chi connectivity index (χ1n) is 4.30. The van der Waals surface area contributed by atoms with Crippen LogP contribution in [0.5, 0.6) is 0 Å². The van der Waals surface area contributed by atoms with Gasteiger partial charge in [-0.05, 0) is 20.8 Å². The van der Waals surface area contributed by atoms with Crippen LogP contribution in [0.25, 0.3) is 0 Å². The number of alkyl halides is 1. The molecule has 13 heavy (non-hydrogen) atoms. The molecule has 74 valence electrons. The van der Waals surface area contributed by atoms with Gasteiger partial charge in [0, 0.05) is 29.0 Å². The third-order valence-corrected chi connectivity index (χ3v) is 3.50. The van der Waals surface area contributed by atoms with E-state index in [2.05, 4.69) is 24.1 Å². The molecule has 0 aliphatic rings. The Balaban J connectivity index is 2.42. The van der Waals surface area contributed by atoms with E-state index in [-0.39, 0.29) is 10.9 Å². The van der Waals surface area contributed by atoms with Crippen LogP contribution >= 0.6 is 22.9 Å². The monoisotopic (exact) mass is 218 g/mol. The van der Waals surface area contributed by atoms with E-state index >= 15 is 0 Å². The van der Waals surface area contributed by atoms with Gasteiger partial charge in [-0.1, -0.05) is 0 Å². The van der Waals surface area contributed by atoms with E-state index in [0.29, 0.717) is 0 Å². The number of aromatic nitrogens is 1. The highest BCUT2D eigenvalue weighted by molar-refractivity contribution is 7.09. The molecular weight excluding hydrogens is 204 g/mol. The molecule has 0 radical (unpaired) electrons. The summed E-state index contributed by atoms with van der Waals surface area (Å²) < 4.78 is 0. The van der Waals surface area contributed by atoms with Gasteiger partial charge < -0.3 is 5.32 Å². The van der Waals surface area contributed by atoms with Gasteiger partial charge in [0.1, 0.15) is 5.01 Å². The first kappa shape index (κ1) is 11.0. The molecular formula is C9H15ClN2S. The summed E-state index contributed by atoms with van der Waals surface area (Å²) in [4.78, 5) is 4.19. The Morgan fingerprint density at radius 1 is 1.69 bits per heavy atom. The minimum atomic E-state index is -0.0484. The molecule has 4 heteroatoms. The molecule has 0 saturated heterocycles. The number of nitrogens with zero attached hydrogens (tertiary/aromatic N) is 1. The molecule has 1 rings (SSSR count). The van der Waals surface area contributed by atoms with Gasteiger partial charge in [0.15, 0.2) is 0 Å². The van der Waals surface area contributed by atoms with Crippen LogP contribution in [-0.2, 0) is 6.54 Å². The smallest absolute Gasteiger partial charge is 0.106 e. The van der Waals surface area contributed by atoms with Gasteiger partial charge in [-0.3, -0.25) is 0 Å². The number of halogens is 1. The lowest BCUT2D eigenvalue weighted by atomic mass is 10.0. The number of rotatable bonds is 4. The summed E-state index contributed by atoms with van der Waals surface area (Å²) in [6.07, 6.45) is 1.82. The first-order valence-corrected chi connectivity index (χ1v) is 5.61. The van der Waals surface area contributed by atoms with Crippen LogP contribution in [0.3, 0.4) is 0 Å². The Kier molecular flexibility index (Phi) is 3.71. The van der Waals surface area contributed by atoms with Gasteiger partial charge in [0.2, 0.25) is 0 Å². The van der Waals surface area contributed by atoms with Gasteiger partial charge in [-0.25, -0.2) is 4.98 Å². The SMILES string of the molecule is CC(Cl)C(C)(C)NCc1nccs1. The molecule has 0 amide bonds. The third kappa shape index (κ3) is 3.25. The third-order valence-electron chi connectivity index (χ3n) is 2.17. The fourth-order valence-electron chi connectivity index (χ4n) is 0.784. The normalized spacial score (nSPS) is 14.5. The van der Waals surface area contributed by atoms with Crippen molar-refractivity contribution in [3.63, 3.8) is 0 Å². The lowest BCUT2D eigenvalue weighted by Crippen LogP contribution is -2.45. The van der Waals surface area contributed by atoms with Crippen LogP contribution in [0.1, 0.15) is 25.8 Å². The zero-order valence-electron chi connectivity index (χ0n) is 8.17. The van der Waals surface area contributed by atoms with Crippen molar-refractivity contribution in [3.05, 3.63) is 16.6 Å².